The van der Waals surface area contributed by atoms with E-state index in [2.05, 4.69) is 10.2 Å². The molecule has 1 spiro atoms. The van der Waals surface area contributed by atoms with Crippen LogP contribution in [0.25, 0.3) is 0 Å². The standard InChI is InChI=1S/C22H24ClFN2O2/c1-28-20-7-6-16(12-18(20)23)25-21(27)17-13-22(17)8-10-26(11-9-22)14-15-4-2-3-5-19(15)24/h2-7,12,17H,8-11,13-14H2,1H3,(H,25,27)/t17-/m0/s1. The highest BCUT2D eigenvalue weighted by Gasteiger charge is 2.58. The number of methoxy groups -OCH3 is 1. The van der Waals surface area contributed by atoms with Gasteiger partial charge in [-0.15, -0.1) is 0 Å². The minimum atomic E-state index is -0.149. The molecule has 28 heavy (non-hydrogen) atoms. The van der Waals surface area contributed by atoms with Gasteiger partial charge in [0.05, 0.1) is 12.1 Å². The number of carbonyl (C=O) groups excluding carboxylic acids is 1. The molecule has 4 rings (SSSR count). The normalized spacial score (nSPS) is 20.8. The van der Waals surface area contributed by atoms with Crippen LogP contribution in [0, 0.1) is 17.2 Å². The van der Waals surface area contributed by atoms with Crippen LogP contribution >= 0.6 is 11.6 Å². The summed E-state index contributed by atoms with van der Waals surface area (Å²) in [5.74, 6) is 0.544. The Balaban J connectivity index is 1.31. The zero-order chi connectivity index (χ0) is 19.7. The van der Waals surface area contributed by atoms with Crippen LogP contribution in [0.4, 0.5) is 10.1 Å². The van der Waals surface area contributed by atoms with E-state index in [1.54, 1.807) is 31.4 Å². The molecule has 2 aromatic carbocycles. The van der Waals surface area contributed by atoms with Crippen LogP contribution in [0.1, 0.15) is 24.8 Å². The lowest BCUT2D eigenvalue weighted by Gasteiger charge is -2.32. The molecule has 0 unspecified atom stereocenters. The maximum atomic E-state index is 13.9. The molecule has 6 heteroatoms. The van der Waals surface area contributed by atoms with Gasteiger partial charge >= 0.3 is 0 Å². The Kier molecular flexibility index (Phi) is 5.30. The van der Waals surface area contributed by atoms with Crippen molar-refractivity contribution in [2.45, 2.75) is 25.8 Å². The number of ether oxygens (including phenoxy) is 1. The second-order valence-corrected chi connectivity index (χ2v) is 8.23. The minimum absolute atomic E-state index is 0.0454. The average molecular weight is 403 g/mol. The first-order chi connectivity index (χ1) is 13.5. The molecule has 0 aromatic heterocycles. The van der Waals surface area contributed by atoms with Crippen LogP contribution in [0.5, 0.6) is 5.75 Å². The van der Waals surface area contributed by atoms with E-state index in [1.807, 2.05) is 12.1 Å². The van der Waals surface area contributed by atoms with Crippen LogP contribution in [-0.2, 0) is 11.3 Å². The number of halogens is 2. The lowest BCUT2D eigenvalue weighted by molar-refractivity contribution is -0.118. The van der Waals surface area contributed by atoms with Gasteiger partial charge in [-0.25, -0.2) is 4.39 Å². The van der Waals surface area contributed by atoms with E-state index in [0.717, 1.165) is 37.9 Å². The number of amides is 1. The Morgan fingerprint density at radius 2 is 2.04 bits per heavy atom. The summed E-state index contributed by atoms with van der Waals surface area (Å²) in [4.78, 5) is 15.0. The van der Waals surface area contributed by atoms with Gasteiger partial charge in [0.1, 0.15) is 11.6 Å². The highest BCUT2D eigenvalue weighted by atomic mass is 35.5. The second-order valence-electron chi connectivity index (χ2n) is 7.83. The SMILES string of the molecule is COc1ccc(NC(=O)[C@@H]2CC23CCN(Cc2ccccc2F)CC3)cc1Cl. The van der Waals surface area contributed by atoms with E-state index in [-0.39, 0.29) is 23.1 Å². The van der Waals surface area contributed by atoms with Gasteiger partial charge in [0.25, 0.3) is 0 Å². The zero-order valence-corrected chi connectivity index (χ0v) is 16.6. The van der Waals surface area contributed by atoms with Crippen LogP contribution in [-0.4, -0.2) is 31.0 Å². The van der Waals surface area contributed by atoms with Gasteiger partial charge in [0.2, 0.25) is 5.91 Å². The van der Waals surface area contributed by atoms with Crippen molar-refractivity contribution in [3.05, 3.63) is 58.9 Å². The molecule has 1 atom stereocenters. The molecule has 0 radical (unpaired) electrons. The van der Waals surface area contributed by atoms with Crippen LogP contribution in [0.2, 0.25) is 5.02 Å². The van der Waals surface area contributed by atoms with Crippen molar-refractivity contribution >= 4 is 23.2 Å². The van der Waals surface area contributed by atoms with Crippen molar-refractivity contribution in [1.82, 2.24) is 4.90 Å². The molecule has 2 fully saturated rings. The van der Waals surface area contributed by atoms with E-state index < -0.39 is 0 Å². The third-order valence-electron chi connectivity index (χ3n) is 6.13. The van der Waals surface area contributed by atoms with Gasteiger partial charge in [-0.05, 0) is 62.0 Å². The first-order valence-corrected chi connectivity index (χ1v) is 9.99. The van der Waals surface area contributed by atoms with E-state index in [4.69, 9.17) is 16.3 Å². The number of piperidine rings is 1. The van der Waals surface area contributed by atoms with Gasteiger partial charge < -0.3 is 10.1 Å². The molecular weight excluding hydrogens is 379 g/mol. The third kappa shape index (κ3) is 3.87. The number of anilines is 1. The molecule has 1 amide bonds. The molecule has 0 bridgehead atoms. The van der Waals surface area contributed by atoms with Crippen LogP contribution in [0.3, 0.4) is 0 Å². The molecule has 1 N–H and O–H groups in total. The zero-order valence-electron chi connectivity index (χ0n) is 15.9. The maximum Gasteiger partial charge on any atom is 0.228 e. The Bertz CT molecular complexity index is 881. The number of rotatable bonds is 5. The number of benzene rings is 2. The number of likely N-dealkylation sites (tertiary alicyclic amines) is 1. The Hall–Kier alpha value is -2.11. The number of nitrogens with zero attached hydrogens (tertiary/aromatic N) is 1. The van der Waals surface area contributed by atoms with Crippen molar-refractivity contribution in [1.29, 1.82) is 0 Å². The third-order valence-corrected chi connectivity index (χ3v) is 6.42. The van der Waals surface area contributed by atoms with Crippen molar-refractivity contribution in [3.8, 4) is 5.75 Å². The molecule has 2 aromatic rings. The summed E-state index contributed by atoms with van der Waals surface area (Å²) in [6.45, 7) is 2.42. The fourth-order valence-electron chi connectivity index (χ4n) is 4.27. The van der Waals surface area contributed by atoms with Crippen molar-refractivity contribution in [2.75, 3.05) is 25.5 Å². The number of carbonyl (C=O) groups is 1. The van der Waals surface area contributed by atoms with Gasteiger partial charge in [-0.2, -0.15) is 0 Å². The summed E-state index contributed by atoms with van der Waals surface area (Å²) < 4.78 is 19.0. The molecule has 1 heterocycles. The number of hydrogen-bond acceptors (Lipinski definition) is 3. The lowest BCUT2D eigenvalue weighted by atomic mass is 9.90. The largest absolute Gasteiger partial charge is 0.495 e. The van der Waals surface area contributed by atoms with Crippen LogP contribution in [0.15, 0.2) is 42.5 Å². The Morgan fingerprint density at radius 3 is 2.71 bits per heavy atom. The van der Waals surface area contributed by atoms with E-state index >= 15 is 0 Å². The summed E-state index contributed by atoms with van der Waals surface area (Å²) in [6.07, 6.45) is 2.88. The molecule has 2 aliphatic rings. The quantitative estimate of drug-likeness (QED) is 0.786. The van der Waals surface area contributed by atoms with Crippen molar-refractivity contribution in [3.63, 3.8) is 0 Å². The summed E-state index contributed by atoms with van der Waals surface area (Å²) in [5, 5.41) is 3.46. The summed E-state index contributed by atoms with van der Waals surface area (Å²) in [7, 11) is 1.56. The molecule has 1 saturated heterocycles. The van der Waals surface area contributed by atoms with Crippen molar-refractivity contribution in [2.24, 2.45) is 11.3 Å². The first-order valence-electron chi connectivity index (χ1n) is 9.61. The highest BCUT2D eigenvalue weighted by molar-refractivity contribution is 6.32. The molecule has 1 aliphatic heterocycles. The van der Waals surface area contributed by atoms with Crippen LogP contribution < -0.4 is 10.1 Å². The fourth-order valence-corrected chi connectivity index (χ4v) is 4.53. The molecular formula is C22H24ClFN2O2. The minimum Gasteiger partial charge on any atom is -0.495 e. The Morgan fingerprint density at radius 1 is 1.29 bits per heavy atom. The van der Waals surface area contributed by atoms with Crippen molar-refractivity contribution < 1.29 is 13.9 Å². The molecule has 1 aliphatic carbocycles. The number of nitrogens with one attached hydrogen (secondary N) is 1. The Labute approximate surface area is 169 Å². The number of hydrogen-bond donors (Lipinski definition) is 1. The van der Waals surface area contributed by atoms with E-state index in [1.165, 1.54) is 6.07 Å². The maximum absolute atomic E-state index is 13.9. The smallest absolute Gasteiger partial charge is 0.228 e. The molecule has 1 saturated carbocycles. The van der Waals surface area contributed by atoms with E-state index in [9.17, 15) is 9.18 Å². The lowest BCUT2D eigenvalue weighted by Crippen LogP contribution is -2.36. The average Bonchev–Trinajstić information content (AvgIpc) is 3.39. The molecule has 4 nitrogen and oxygen atoms in total. The predicted octanol–water partition coefficient (Wildman–Crippen LogP) is 4.73. The summed E-state index contributed by atoms with van der Waals surface area (Å²) in [6, 6.07) is 12.2. The fraction of sp³-hybridized carbons (Fsp3) is 0.409. The van der Waals surface area contributed by atoms with Gasteiger partial charge in [0.15, 0.2) is 0 Å². The summed E-state index contributed by atoms with van der Waals surface area (Å²) >= 11 is 6.14. The van der Waals surface area contributed by atoms with Gasteiger partial charge in [-0.1, -0.05) is 29.8 Å². The summed E-state index contributed by atoms with van der Waals surface area (Å²) in [5.41, 5.74) is 1.53. The second kappa shape index (κ2) is 7.72. The first kappa shape index (κ1) is 19.2. The predicted molar refractivity (Wildman–Crippen MR) is 108 cm³/mol. The molecule has 148 valence electrons. The monoisotopic (exact) mass is 402 g/mol. The van der Waals surface area contributed by atoms with E-state index in [0.29, 0.717) is 23.0 Å². The van der Waals surface area contributed by atoms with Gasteiger partial charge in [0, 0.05) is 23.7 Å². The highest BCUT2D eigenvalue weighted by Crippen LogP contribution is 2.59. The van der Waals surface area contributed by atoms with Gasteiger partial charge in [-0.3, -0.25) is 9.69 Å². The topological polar surface area (TPSA) is 41.6 Å².